The number of hydrogen-bond donors (Lipinski definition) is 1. The molecular weight excluding hydrogens is 311 g/mol. The van der Waals surface area contributed by atoms with Crippen LogP contribution in [-0.4, -0.2) is 11.0 Å². The molecule has 4 nitrogen and oxygen atoms in total. The van der Waals surface area contributed by atoms with Crippen LogP contribution in [0.3, 0.4) is 0 Å². The van der Waals surface area contributed by atoms with Gasteiger partial charge in [0, 0.05) is 23.2 Å². The van der Waals surface area contributed by atoms with Gasteiger partial charge >= 0.3 is 0 Å². The highest BCUT2D eigenvalue weighted by Crippen LogP contribution is 2.24. The molecule has 0 heterocycles. The van der Waals surface area contributed by atoms with E-state index in [1.807, 2.05) is 24.3 Å². The molecule has 0 spiro atoms. The van der Waals surface area contributed by atoms with Crippen molar-refractivity contribution in [3.8, 4) is 0 Å². The standard InChI is InChI=1S/C15H14Cl2N2O2/c16-12-3-1-2-10(6-12)7-13(18)8-11-4-5-14(19(20)21)9-15(11)17/h1-6,9,13H,7-8,18H2. The first-order chi connectivity index (χ1) is 9.95. The minimum atomic E-state index is -0.471. The Kier molecular flexibility index (Phi) is 5.17. The summed E-state index contributed by atoms with van der Waals surface area (Å²) in [6.07, 6.45) is 1.21. The lowest BCUT2D eigenvalue weighted by Gasteiger charge is -2.13. The van der Waals surface area contributed by atoms with E-state index in [0.717, 1.165) is 11.1 Å². The van der Waals surface area contributed by atoms with Gasteiger partial charge in [0.2, 0.25) is 0 Å². The summed E-state index contributed by atoms with van der Waals surface area (Å²) in [5.74, 6) is 0. The monoisotopic (exact) mass is 324 g/mol. The summed E-state index contributed by atoms with van der Waals surface area (Å²) >= 11 is 12.0. The normalized spacial score (nSPS) is 12.1. The summed E-state index contributed by atoms with van der Waals surface area (Å²) in [4.78, 5) is 10.2. The topological polar surface area (TPSA) is 69.2 Å². The Morgan fingerprint density at radius 2 is 1.90 bits per heavy atom. The summed E-state index contributed by atoms with van der Waals surface area (Å²) in [6, 6.07) is 11.8. The lowest BCUT2D eigenvalue weighted by Crippen LogP contribution is -2.25. The molecule has 0 saturated carbocycles. The number of nitrogens with zero attached hydrogens (tertiary/aromatic N) is 1. The molecule has 0 aliphatic rings. The molecule has 21 heavy (non-hydrogen) atoms. The molecule has 2 aromatic rings. The van der Waals surface area contributed by atoms with Crippen molar-refractivity contribution in [3.63, 3.8) is 0 Å². The van der Waals surface area contributed by atoms with Crippen LogP contribution in [0.15, 0.2) is 42.5 Å². The van der Waals surface area contributed by atoms with E-state index >= 15 is 0 Å². The van der Waals surface area contributed by atoms with Crippen LogP contribution in [0, 0.1) is 10.1 Å². The number of rotatable bonds is 5. The van der Waals surface area contributed by atoms with Gasteiger partial charge in [0.15, 0.2) is 0 Å². The van der Waals surface area contributed by atoms with E-state index < -0.39 is 4.92 Å². The van der Waals surface area contributed by atoms with E-state index in [9.17, 15) is 10.1 Å². The highest BCUT2D eigenvalue weighted by atomic mass is 35.5. The maximum Gasteiger partial charge on any atom is 0.270 e. The summed E-state index contributed by atoms with van der Waals surface area (Å²) in [5, 5.41) is 11.7. The summed E-state index contributed by atoms with van der Waals surface area (Å²) in [6.45, 7) is 0. The Morgan fingerprint density at radius 3 is 2.52 bits per heavy atom. The van der Waals surface area contributed by atoms with E-state index in [1.165, 1.54) is 12.1 Å². The second-order valence-electron chi connectivity index (χ2n) is 4.83. The first kappa shape index (κ1) is 15.8. The predicted octanol–water partition coefficient (Wildman–Crippen LogP) is 4.01. The first-order valence-electron chi connectivity index (χ1n) is 6.38. The van der Waals surface area contributed by atoms with Gasteiger partial charge in [0.1, 0.15) is 0 Å². The number of nitro groups is 1. The molecular formula is C15H14Cl2N2O2. The quantitative estimate of drug-likeness (QED) is 0.667. The van der Waals surface area contributed by atoms with Crippen molar-refractivity contribution in [1.29, 1.82) is 0 Å². The van der Waals surface area contributed by atoms with Gasteiger partial charge in [-0.15, -0.1) is 0 Å². The molecule has 2 N–H and O–H groups in total. The fourth-order valence-corrected chi connectivity index (χ4v) is 2.60. The highest BCUT2D eigenvalue weighted by molar-refractivity contribution is 6.31. The van der Waals surface area contributed by atoms with Crippen molar-refractivity contribution in [1.82, 2.24) is 0 Å². The molecule has 1 unspecified atom stereocenters. The van der Waals surface area contributed by atoms with Crippen LogP contribution < -0.4 is 5.73 Å². The van der Waals surface area contributed by atoms with Gasteiger partial charge in [-0.2, -0.15) is 0 Å². The van der Waals surface area contributed by atoms with Gasteiger partial charge in [-0.25, -0.2) is 0 Å². The van der Waals surface area contributed by atoms with Crippen LogP contribution in [0.2, 0.25) is 10.0 Å². The van der Waals surface area contributed by atoms with Crippen molar-refractivity contribution in [2.24, 2.45) is 5.73 Å². The van der Waals surface area contributed by atoms with Crippen molar-refractivity contribution >= 4 is 28.9 Å². The van der Waals surface area contributed by atoms with Crippen LogP contribution in [0.4, 0.5) is 5.69 Å². The summed E-state index contributed by atoms with van der Waals surface area (Å²) in [5.41, 5.74) is 7.95. The second kappa shape index (κ2) is 6.89. The Morgan fingerprint density at radius 1 is 1.14 bits per heavy atom. The third-order valence-electron chi connectivity index (χ3n) is 3.12. The van der Waals surface area contributed by atoms with E-state index in [0.29, 0.717) is 22.9 Å². The molecule has 2 rings (SSSR count). The van der Waals surface area contributed by atoms with Crippen molar-refractivity contribution < 1.29 is 4.92 Å². The minimum absolute atomic E-state index is 0.0211. The number of non-ortho nitro benzene ring substituents is 1. The van der Waals surface area contributed by atoms with E-state index in [2.05, 4.69) is 0 Å². The summed E-state index contributed by atoms with van der Waals surface area (Å²) < 4.78 is 0. The van der Waals surface area contributed by atoms with Gasteiger partial charge in [-0.05, 0) is 36.1 Å². The van der Waals surface area contributed by atoms with Crippen LogP contribution in [0.1, 0.15) is 11.1 Å². The lowest BCUT2D eigenvalue weighted by molar-refractivity contribution is -0.384. The van der Waals surface area contributed by atoms with Gasteiger partial charge < -0.3 is 5.73 Å². The third kappa shape index (κ3) is 4.43. The highest BCUT2D eigenvalue weighted by Gasteiger charge is 2.12. The van der Waals surface area contributed by atoms with Crippen LogP contribution in [0.5, 0.6) is 0 Å². The molecule has 1 atom stereocenters. The third-order valence-corrected chi connectivity index (χ3v) is 3.70. The molecule has 0 radical (unpaired) electrons. The van der Waals surface area contributed by atoms with Crippen LogP contribution >= 0.6 is 23.2 Å². The van der Waals surface area contributed by atoms with E-state index in [-0.39, 0.29) is 11.7 Å². The number of nitro benzene ring substituents is 1. The number of hydrogen-bond acceptors (Lipinski definition) is 3. The zero-order valence-electron chi connectivity index (χ0n) is 11.1. The van der Waals surface area contributed by atoms with Gasteiger partial charge in [0.25, 0.3) is 5.69 Å². The molecule has 0 aromatic heterocycles. The molecule has 0 fully saturated rings. The number of benzene rings is 2. The van der Waals surface area contributed by atoms with Gasteiger partial charge in [-0.1, -0.05) is 41.4 Å². The van der Waals surface area contributed by atoms with E-state index in [1.54, 1.807) is 6.07 Å². The Bertz CT molecular complexity index is 662. The van der Waals surface area contributed by atoms with Gasteiger partial charge in [0.05, 0.1) is 9.95 Å². The molecule has 0 aliphatic carbocycles. The Balaban J connectivity index is 2.06. The molecule has 0 bridgehead atoms. The molecule has 0 saturated heterocycles. The average Bonchev–Trinajstić information content (AvgIpc) is 2.40. The molecule has 0 amide bonds. The second-order valence-corrected chi connectivity index (χ2v) is 5.67. The smallest absolute Gasteiger partial charge is 0.270 e. The minimum Gasteiger partial charge on any atom is -0.327 e. The Hall–Kier alpha value is -1.62. The molecule has 0 aliphatic heterocycles. The maximum absolute atomic E-state index is 10.7. The zero-order chi connectivity index (χ0) is 15.4. The van der Waals surface area contributed by atoms with Crippen molar-refractivity contribution in [2.75, 3.05) is 0 Å². The fourth-order valence-electron chi connectivity index (χ4n) is 2.14. The molecule has 110 valence electrons. The predicted molar refractivity (Wildman–Crippen MR) is 84.9 cm³/mol. The van der Waals surface area contributed by atoms with Crippen LogP contribution in [0.25, 0.3) is 0 Å². The lowest BCUT2D eigenvalue weighted by atomic mass is 9.99. The largest absolute Gasteiger partial charge is 0.327 e. The first-order valence-corrected chi connectivity index (χ1v) is 7.14. The Labute approximate surface area is 132 Å². The summed E-state index contributed by atoms with van der Waals surface area (Å²) in [7, 11) is 0. The fraction of sp³-hybridized carbons (Fsp3) is 0.200. The van der Waals surface area contributed by atoms with Crippen LogP contribution in [-0.2, 0) is 12.8 Å². The van der Waals surface area contributed by atoms with E-state index in [4.69, 9.17) is 28.9 Å². The molecule has 2 aromatic carbocycles. The average molecular weight is 325 g/mol. The zero-order valence-corrected chi connectivity index (χ0v) is 12.6. The van der Waals surface area contributed by atoms with Crippen molar-refractivity contribution in [2.45, 2.75) is 18.9 Å². The van der Waals surface area contributed by atoms with Crippen molar-refractivity contribution in [3.05, 3.63) is 73.8 Å². The number of nitrogens with two attached hydrogens (primary N) is 1. The SMILES string of the molecule is NC(Cc1cccc(Cl)c1)Cc1ccc([N+](=O)[O-])cc1Cl. The maximum atomic E-state index is 10.7. The van der Waals surface area contributed by atoms with Gasteiger partial charge in [-0.3, -0.25) is 10.1 Å². The molecule has 6 heteroatoms. The number of halogens is 2.